The van der Waals surface area contributed by atoms with E-state index in [0.29, 0.717) is 0 Å². The van der Waals surface area contributed by atoms with Crippen molar-refractivity contribution in [1.82, 2.24) is 0 Å². The molecule has 0 aliphatic carbocycles. The van der Waals surface area contributed by atoms with Gasteiger partial charge in [-0.15, -0.1) is 0 Å². The predicted octanol–water partition coefficient (Wildman–Crippen LogP) is 5.15. The Morgan fingerprint density at radius 1 is 0.870 bits per heavy atom. The molecule has 1 N–H and O–H groups in total. The van der Waals surface area contributed by atoms with Crippen LogP contribution in [0.1, 0.15) is 70.3 Å². The average molecular weight is 321 g/mol. The molecule has 0 aromatic heterocycles. The molecule has 23 heavy (non-hydrogen) atoms. The van der Waals surface area contributed by atoms with Gasteiger partial charge in [0.2, 0.25) is 0 Å². The van der Waals surface area contributed by atoms with Crippen molar-refractivity contribution in [3.8, 4) is 0 Å². The highest BCUT2D eigenvalue weighted by molar-refractivity contribution is 5.14. The minimum atomic E-state index is -0.264. The Bertz CT molecular complexity index is 388. The molecule has 0 saturated heterocycles. The Morgan fingerprint density at radius 2 is 1.43 bits per heavy atom. The molecule has 0 amide bonds. The summed E-state index contributed by atoms with van der Waals surface area (Å²) in [4.78, 5) is 0. The highest BCUT2D eigenvalue weighted by Gasteiger charge is 2.24. The molecular formula is C21H38NO+. The van der Waals surface area contributed by atoms with Crippen molar-refractivity contribution < 1.29 is 9.59 Å². The second-order valence-corrected chi connectivity index (χ2v) is 7.48. The topological polar surface area (TPSA) is 20.2 Å². The molecule has 2 heteroatoms. The lowest BCUT2D eigenvalue weighted by Crippen LogP contribution is -2.49. The lowest BCUT2D eigenvalue weighted by atomic mass is 10.1. The van der Waals surface area contributed by atoms with E-state index in [9.17, 15) is 5.11 Å². The SMILES string of the molecule is CCCCCCCCCC[N+](C)(C)[C@H](O)CCc1ccccc1. The molecule has 132 valence electrons. The number of unbranched alkanes of at least 4 members (excludes halogenated alkanes) is 7. The summed E-state index contributed by atoms with van der Waals surface area (Å²) in [6.07, 6.45) is 12.3. The Kier molecular flexibility index (Phi) is 10.2. The van der Waals surface area contributed by atoms with Gasteiger partial charge in [-0.1, -0.05) is 75.8 Å². The molecule has 0 aliphatic heterocycles. The fourth-order valence-corrected chi connectivity index (χ4v) is 3.09. The minimum absolute atomic E-state index is 0.264. The van der Waals surface area contributed by atoms with E-state index in [-0.39, 0.29) is 6.23 Å². The molecule has 0 fully saturated rings. The first-order valence-electron chi connectivity index (χ1n) is 9.61. The van der Waals surface area contributed by atoms with Gasteiger partial charge in [0.15, 0.2) is 6.23 Å². The first kappa shape index (κ1) is 20.2. The van der Waals surface area contributed by atoms with Gasteiger partial charge < -0.3 is 9.59 Å². The molecule has 1 atom stereocenters. The molecule has 1 rings (SSSR count). The van der Waals surface area contributed by atoms with Crippen LogP contribution >= 0.6 is 0 Å². The molecule has 2 nitrogen and oxygen atoms in total. The zero-order valence-corrected chi connectivity index (χ0v) is 15.6. The van der Waals surface area contributed by atoms with Gasteiger partial charge in [-0.25, -0.2) is 0 Å². The third-order valence-corrected chi connectivity index (χ3v) is 4.93. The van der Waals surface area contributed by atoms with E-state index in [1.54, 1.807) is 0 Å². The van der Waals surface area contributed by atoms with Crippen LogP contribution in [0.3, 0.4) is 0 Å². The second kappa shape index (κ2) is 11.6. The number of aryl methyl sites for hydroxylation is 1. The Hall–Kier alpha value is -0.860. The van der Waals surface area contributed by atoms with Gasteiger partial charge >= 0.3 is 0 Å². The van der Waals surface area contributed by atoms with Crippen LogP contribution in [0.4, 0.5) is 0 Å². The van der Waals surface area contributed by atoms with E-state index >= 15 is 0 Å². The summed E-state index contributed by atoms with van der Waals surface area (Å²) in [5.74, 6) is 0. The first-order chi connectivity index (χ1) is 11.1. The normalized spacial score (nSPS) is 13.2. The van der Waals surface area contributed by atoms with Crippen molar-refractivity contribution in [3.63, 3.8) is 0 Å². The third-order valence-electron chi connectivity index (χ3n) is 4.93. The highest BCUT2D eigenvalue weighted by atomic mass is 16.3. The summed E-state index contributed by atoms with van der Waals surface area (Å²) in [7, 11) is 4.33. The van der Waals surface area contributed by atoms with Crippen molar-refractivity contribution in [2.24, 2.45) is 0 Å². The maximum absolute atomic E-state index is 10.5. The average Bonchev–Trinajstić information content (AvgIpc) is 2.56. The Morgan fingerprint density at radius 3 is 2.04 bits per heavy atom. The number of benzene rings is 1. The quantitative estimate of drug-likeness (QED) is 0.302. The van der Waals surface area contributed by atoms with E-state index in [2.05, 4.69) is 45.3 Å². The molecule has 0 heterocycles. The zero-order valence-electron chi connectivity index (χ0n) is 15.6. The summed E-state index contributed by atoms with van der Waals surface area (Å²) < 4.78 is 0.725. The number of aliphatic hydroxyl groups is 1. The molecule has 1 aromatic carbocycles. The van der Waals surface area contributed by atoms with Crippen LogP contribution in [-0.4, -0.2) is 36.5 Å². The molecule has 1 aromatic rings. The van der Waals surface area contributed by atoms with Gasteiger partial charge in [0.25, 0.3) is 0 Å². The van der Waals surface area contributed by atoms with Crippen LogP contribution in [0.2, 0.25) is 0 Å². The number of aliphatic hydroxyl groups excluding tert-OH is 1. The van der Waals surface area contributed by atoms with Crippen LogP contribution in [-0.2, 0) is 6.42 Å². The Balaban J connectivity index is 2.13. The molecule has 0 saturated carbocycles. The van der Waals surface area contributed by atoms with Crippen LogP contribution in [0.5, 0.6) is 0 Å². The van der Waals surface area contributed by atoms with Gasteiger partial charge in [0.1, 0.15) is 0 Å². The maximum Gasteiger partial charge on any atom is 0.190 e. The van der Waals surface area contributed by atoms with Crippen molar-refractivity contribution in [2.45, 2.75) is 77.4 Å². The monoisotopic (exact) mass is 320 g/mol. The van der Waals surface area contributed by atoms with E-state index < -0.39 is 0 Å². The number of rotatable bonds is 13. The van der Waals surface area contributed by atoms with Crippen LogP contribution in [0.15, 0.2) is 30.3 Å². The standard InChI is InChI=1S/C21H38NO/c1-4-5-6-7-8-9-10-14-19-22(2,3)21(23)18-17-20-15-12-11-13-16-20/h11-13,15-16,21,23H,4-10,14,17-19H2,1-3H3/q+1/t21-/m1/s1. The third kappa shape index (κ3) is 9.12. The molecule has 0 unspecified atom stereocenters. The summed E-state index contributed by atoms with van der Waals surface area (Å²) >= 11 is 0. The zero-order chi connectivity index (χ0) is 17.0. The van der Waals surface area contributed by atoms with Gasteiger partial charge in [0.05, 0.1) is 20.6 Å². The van der Waals surface area contributed by atoms with Crippen LogP contribution in [0.25, 0.3) is 0 Å². The summed E-state index contributed by atoms with van der Waals surface area (Å²) in [5, 5.41) is 10.5. The van der Waals surface area contributed by atoms with E-state index in [0.717, 1.165) is 23.9 Å². The van der Waals surface area contributed by atoms with Gasteiger partial charge in [-0.05, 0) is 24.8 Å². The number of nitrogens with zero attached hydrogens (tertiary/aromatic N) is 1. The minimum Gasteiger partial charge on any atom is -0.345 e. The van der Waals surface area contributed by atoms with E-state index in [4.69, 9.17) is 0 Å². The van der Waals surface area contributed by atoms with Gasteiger partial charge in [-0.2, -0.15) is 0 Å². The molecule has 0 spiro atoms. The second-order valence-electron chi connectivity index (χ2n) is 7.48. The molecular weight excluding hydrogens is 282 g/mol. The lowest BCUT2D eigenvalue weighted by molar-refractivity contribution is -0.937. The highest BCUT2D eigenvalue weighted by Crippen LogP contribution is 2.15. The number of hydrogen-bond acceptors (Lipinski definition) is 1. The number of quaternary nitrogens is 1. The Labute approximate surface area is 144 Å². The smallest absolute Gasteiger partial charge is 0.190 e. The van der Waals surface area contributed by atoms with E-state index in [1.807, 2.05) is 6.07 Å². The number of hydrogen-bond donors (Lipinski definition) is 1. The molecule has 0 aliphatic rings. The molecule has 0 radical (unpaired) electrons. The van der Waals surface area contributed by atoms with Crippen molar-refractivity contribution in [2.75, 3.05) is 20.6 Å². The van der Waals surface area contributed by atoms with Crippen molar-refractivity contribution in [3.05, 3.63) is 35.9 Å². The van der Waals surface area contributed by atoms with E-state index in [1.165, 1.54) is 56.9 Å². The summed E-state index contributed by atoms with van der Waals surface area (Å²) in [5.41, 5.74) is 1.32. The lowest BCUT2D eigenvalue weighted by Gasteiger charge is -2.35. The summed E-state index contributed by atoms with van der Waals surface area (Å²) in [6, 6.07) is 10.5. The maximum atomic E-state index is 10.5. The summed E-state index contributed by atoms with van der Waals surface area (Å²) in [6.45, 7) is 3.34. The van der Waals surface area contributed by atoms with Gasteiger partial charge in [0, 0.05) is 6.42 Å². The van der Waals surface area contributed by atoms with Crippen molar-refractivity contribution in [1.29, 1.82) is 0 Å². The fourth-order valence-electron chi connectivity index (χ4n) is 3.09. The first-order valence-corrected chi connectivity index (χ1v) is 9.61. The molecule has 0 bridgehead atoms. The predicted molar refractivity (Wildman–Crippen MR) is 100 cm³/mol. The van der Waals surface area contributed by atoms with Gasteiger partial charge in [-0.3, -0.25) is 0 Å². The van der Waals surface area contributed by atoms with Crippen LogP contribution in [0, 0.1) is 0 Å². The largest absolute Gasteiger partial charge is 0.345 e. The van der Waals surface area contributed by atoms with Crippen LogP contribution < -0.4 is 0 Å². The van der Waals surface area contributed by atoms with Crippen molar-refractivity contribution >= 4 is 0 Å². The fraction of sp³-hybridized carbons (Fsp3) is 0.714.